The molecule has 0 spiro atoms. The number of benzene rings is 2. The van der Waals surface area contributed by atoms with Crippen LogP contribution in [-0.4, -0.2) is 21.7 Å². The van der Waals surface area contributed by atoms with Gasteiger partial charge in [0.05, 0.1) is 6.20 Å². The van der Waals surface area contributed by atoms with Crippen LogP contribution in [0.2, 0.25) is 5.02 Å². The van der Waals surface area contributed by atoms with Crippen LogP contribution in [0.25, 0.3) is 0 Å². The SMILES string of the molecule is Clc1ccccc1CNc1nncc(NCCCc2ccccc2)n1. The van der Waals surface area contributed by atoms with E-state index in [0.717, 1.165) is 30.0 Å². The van der Waals surface area contributed by atoms with Crippen LogP contribution in [-0.2, 0) is 13.0 Å². The smallest absolute Gasteiger partial charge is 0.244 e. The molecule has 2 aromatic carbocycles. The molecule has 0 aliphatic rings. The quantitative estimate of drug-likeness (QED) is 0.595. The van der Waals surface area contributed by atoms with E-state index in [2.05, 4.69) is 50.1 Å². The van der Waals surface area contributed by atoms with Gasteiger partial charge in [-0.25, -0.2) is 0 Å². The van der Waals surface area contributed by atoms with Gasteiger partial charge in [-0.05, 0) is 30.0 Å². The van der Waals surface area contributed by atoms with E-state index >= 15 is 0 Å². The number of aryl methyl sites for hydroxylation is 1. The Morgan fingerprint density at radius 2 is 1.72 bits per heavy atom. The minimum Gasteiger partial charge on any atom is -0.369 e. The molecule has 0 amide bonds. The van der Waals surface area contributed by atoms with Crippen molar-refractivity contribution >= 4 is 23.4 Å². The van der Waals surface area contributed by atoms with Crippen LogP contribution in [0.1, 0.15) is 17.5 Å². The zero-order valence-electron chi connectivity index (χ0n) is 13.8. The highest BCUT2D eigenvalue weighted by atomic mass is 35.5. The molecule has 0 unspecified atom stereocenters. The van der Waals surface area contributed by atoms with Crippen LogP contribution >= 0.6 is 11.6 Å². The molecular formula is C19H20ClN5. The van der Waals surface area contributed by atoms with E-state index in [1.165, 1.54) is 5.56 Å². The van der Waals surface area contributed by atoms with Crippen LogP contribution in [0, 0.1) is 0 Å². The number of aromatic nitrogens is 3. The maximum atomic E-state index is 6.15. The van der Waals surface area contributed by atoms with Crippen molar-refractivity contribution in [2.75, 3.05) is 17.2 Å². The van der Waals surface area contributed by atoms with Crippen molar-refractivity contribution in [3.63, 3.8) is 0 Å². The monoisotopic (exact) mass is 353 g/mol. The summed E-state index contributed by atoms with van der Waals surface area (Å²) in [6.45, 7) is 1.39. The summed E-state index contributed by atoms with van der Waals surface area (Å²) >= 11 is 6.15. The first-order valence-corrected chi connectivity index (χ1v) is 8.64. The number of nitrogens with zero attached hydrogens (tertiary/aromatic N) is 3. The first kappa shape index (κ1) is 17.2. The molecule has 0 aliphatic carbocycles. The molecule has 2 N–H and O–H groups in total. The first-order valence-electron chi connectivity index (χ1n) is 8.26. The van der Waals surface area contributed by atoms with Gasteiger partial charge in [0.1, 0.15) is 5.82 Å². The van der Waals surface area contributed by atoms with E-state index in [0.29, 0.717) is 18.3 Å². The van der Waals surface area contributed by atoms with Crippen LogP contribution in [0.5, 0.6) is 0 Å². The average Bonchev–Trinajstić information content (AvgIpc) is 2.66. The Labute approximate surface area is 152 Å². The summed E-state index contributed by atoms with van der Waals surface area (Å²) < 4.78 is 0. The summed E-state index contributed by atoms with van der Waals surface area (Å²) in [6.07, 6.45) is 3.68. The highest BCUT2D eigenvalue weighted by molar-refractivity contribution is 6.31. The zero-order chi connectivity index (χ0) is 17.3. The van der Waals surface area contributed by atoms with Gasteiger partial charge >= 0.3 is 0 Å². The largest absolute Gasteiger partial charge is 0.369 e. The van der Waals surface area contributed by atoms with Crippen molar-refractivity contribution in [1.29, 1.82) is 0 Å². The fourth-order valence-corrected chi connectivity index (χ4v) is 2.64. The van der Waals surface area contributed by atoms with Gasteiger partial charge in [0.25, 0.3) is 0 Å². The van der Waals surface area contributed by atoms with E-state index in [1.54, 1.807) is 6.20 Å². The van der Waals surface area contributed by atoms with E-state index in [9.17, 15) is 0 Å². The second kappa shape index (κ2) is 8.99. The second-order valence-electron chi connectivity index (χ2n) is 5.63. The molecule has 6 heteroatoms. The maximum Gasteiger partial charge on any atom is 0.244 e. The number of halogens is 1. The van der Waals surface area contributed by atoms with E-state index < -0.39 is 0 Å². The van der Waals surface area contributed by atoms with Gasteiger partial charge < -0.3 is 10.6 Å². The molecule has 0 fully saturated rings. The van der Waals surface area contributed by atoms with Crippen LogP contribution in [0.4, 0.5) is 11.8 Å². The third-order valence-electron chi connectivity index (χ3n) is 3.74. The molecule has 3 aromatic rings. The summed E-state index contributed by atoms with van der Waals surface area (Å²) in [6, 6.07) is 18.1. The molecule has 0 radical (unpaired) electrons. The Kier molecular flexibility index (Phi) is 6.17. The molecule has 3 rings (SSSR count). The molecule has 0 saturated carbocycles. The van der Waals surface area contributed by atoms with Crippen molar-refractivity contribution in [1.82, 2.24) is 15.2 Å². The van der Waals surface area contributed by atoms with Gasteiger partial charge in [0.15, 0.2) is 0 Å². The topological polar surface area (TPSA) is 62.7 Å². The molecule has 0 bridgehead atoms. The third kappa shape index (κ3) is 5.43. The highest BCUT2D eigenvalue weighted by Gasteiger charge is 2.03. The molecule has 25 heavy (non-hydrogen) atoms. The predicted molar refractivity (Wildman–Crippen MR) is 102 cm³/mol. The lowest BCUT2D eigenvalue weighted by Gasteiger charge is -2.08. The summed E-state index contributed by atoms with van der Waals surface area (Å²) in [5.41, 5.74) is 2.33. The van der Waals surface area contributed by atoms with Crippen molar-refractivity contribution in [2.24, 2.45) is 0 Å². The molecule has 1 heterocycles. The zero-order valence-corrected chi connectivity index (χ0v) is 14.6. The maximum absolute atomic E-state index is 6.15. The standard InChI is InChI=1S/C19H20ClN5/c20-17-11-5-4-10-16(17)13-22-19-24-18(14-23-25-19)21-12-6-9-15-7-2-1-3-8-15/h1-5,7-8,10-11,14H,6,9,12-13H2,(H2,21,22,24,25). The Hall–Kier alpha value is -2.66. The van der Waals surface area contributed by atoms with Gasteiger partial charge in [-0.2, -0.15) is 10.1 Å². The number of nitrogens with one attached hydrogen (secondary N) is 2. The Balaban J connectivity index is 1.47. The van der Waals surface area contributed by atoms with Gasteiger partial charge in [0.2, 0.25) is 5.95 Å². The summed E-state index contributed by atoms with van der Waals surface area (Å²) in [5, 5.41) is 15.1. The van der Waals surface area contributed by atoms with Gasteiger partial charge in [-0.15, -0.1) is 5.10 Å². The first-order chi connectivity index (χ1) is 12.3. The molecule has 0 aliphatic heterocycles. The second-order valence-corrected chi connectivity index (χ2v) is 6.03. The number of hydrogen-bond acceptors (Lipinski definition) is 5. The summed E-state index contributed by atoms with van der Waals surface area (Å²) in [5.74, 6) is 1.19. The fraction of sp³-hybridized carbons (Fsp3) is 0.211. The molecular weight excluding hydrogens is 334 g/mol. The summed E-state index contributed by atoms with van der Waals surface area (Å²) in [4.78, 5) is 4.42. The Morgan fingerprint density at radius 3 is 2.56 bits per heavy atom. The van der Waals surface area contributed by atoms with Gasteiger partial charge in [0, 0.05) is 18.1 Å². The minimum atomic E-state index is 0.480. The molecule has 5 nitrogen and oxygen atoms in total. The minimum absolute atomic E-state index is 0.480. The van der Waals surface area contributed by atoms with Crippen molar-refractivity contribution in [2.45, 2.75) is 19.4 Å². The highest BCUT2D eigenvalue weighted by Crippen LogP contribution is 2.16. The number of anilines is 2. The molecule has 128 valence electrons. The molecule has 0 atom stereocenters. The lowest BCUT2D eigenvalue weighted by atomic mass is 10.1. The Bertz CT molecular complexity index is 795. The fourth-order valence-electron chi connectivity index (χ4n) is 2.43. The van der Waals surface area contributed by atoms with Crippen LogP contribution < -0.4 is 10.6 Å². The van der Waals surface area contributed by atoms with E-state index in [1.807, 2.05) is 30.3 Å². The number of hydrogen-bond donors (Lipinski definition) is 2. The van der Waals surface area contributed by atoms with E-state index in [-0.39, 0.29) is 0 Å². The predicted octanol–water partition coefficient (Wildman–Crippen LogP) is 4.18. The molecule has 0 saturated heterocycles. The molecule has 1 aromatic heterocycles. The van der Waals surface area contributed by atoms with Crippen molar-refractivity contribution < 1.29 is 0 Å². The van der Waals surface area contributed by atoms with Crippen molar-refractivity contribution in [3.8, 4) is 0 Å². The lowest BCUT2D eigenvalue weighted by Crippen LogP contribution is -2.09. The van der Waals surface area contributed by atoms with Crippen LogP contribution in [0.3, 0.4) is 0 Å². The van der Waals surface area contributed by atoms with E-state index in [4.69, 9.17) is 11.6 Å². The number of rotatable bonds is 8. The average molecular weight is 354 g/mol. The lowest BCUT2D eigenvalue weighted by molar-refractivity contribution is 0.851. The van der Waals surface area contributed by atoms with Gasteiger partial charge in [-0.3, -0.25) is 0 Å². The Morgan fingerprint density at radius 1 is 0.920 bits per heavy atom. The van der Waals surface area contributed by atoms with Gasteiger partial charge in [-0.1, -0.05) is 60.1 Å². The van der Waals surface area contributed by atoms with Crippen molar-refractivity contribution in [3.05, 3.63) is 76.9 Å². The normalized spacial score (nSPS) is 10.4. The third-order valence-corrected chi connectivity index (χ3v) is 4.11. The summed E-state index contributed by atoms with van der Waals surface area (Å²) in [7, 11) is 0. The van der Waals surface area contributed by atoms with Crippen LogP contribution in [0.15, 0.2) is 60.8 Å².